The lowest BCUT2D eigenvalue weighted by molar-refractivity contribution is 0.602. The van der Waals surface area contributed by atoms with E-state index in [0.717, 1.165) is 4.47 Å². The molecule has 0 radical (unpaired) electrons. The molecule has 4 heteroatoms. The largest absolute Gasteiger partial charge is 0.204 e. The second-order valence-corrected chi connectivity index (χ2v) is 4.07. The van der Waals surface area contributed by atoms with Crippen LogP contribution in [-0.4, -0.2) is 6.26 Å². The molecule has 0 saturated heterocycles. The van der Waals surface area contributed by atoms with Gasteiger partial charge in [0.1, 0.15) is 0 Å². The summed E-state index contributed by atoms with van der Waals surface area (Å²) in [6, 6.07) is 3.24. The van der Waals surface area contributed by atoms with Crippen molar-refractivity contribution in [1.29, 1.82) is 0 Å². The Morgan fingerprint density at radius 3 is 2.73 bits per heavy atom. The number of rotatable bonds is 1. The fraction of sp³-hybridized carbons (Fsp3) is 0.143. The quantitative estimate of drug-likeness (QED) is 0.541. The molecule has 1 aromatic rings. The van der Waals surface area contributed by atoms with E-state index in [-0.39, 0.29) is 10.8 Å². The van der Waals surface area contributed by atoms with E-state index in [4.69, 9.17) is 11.6 Å². The van der Waals surface area contributed by atoms with Gasteiger partial charge in [0.2, 0.25) is 0 Å². The number of thioether (sulfide) groups is 1. The highest BCUT2D eigenvalue weighted by Crippen LogP contribution is 2.29. The molecule has 1 rings (SSSR count). The van der Waals surface area contributed by atoms with E-state index >= 15 is 0 Å². The molecule has 0 unspecified atom stereocenters. The van der Waals surface area contributed by atoms with Gasteiger partial charge in [-0.3, -0.25) is 0 Å². The average molecular weight is 256 g/mol. The van der Waals surface area contributed by atoms with Crippen LogP contribution in [0, 0.1) is 5.82 Å². The van der Waals surface area contributed by atoms with E-state index in [2.05, 4.69) is 15.9 Å². The van der Waals surface area contributed by atoms with Crippen LogP contribution in [0.1, 0.15) is 0 Å². The fourth-order valence-corrected chi connectivity index (χ4v) is 2.23. The summed E-state index contributed by atoms with van der Waals surface area (Å²) in [5.74, 6) is -0.345. The van der Waals surface area contributed by atoms with Crippen molar-refractivity contribution >= 4 is 39.3 Å². The topological polar surface area (TPSA) is 0 Å². The molecule has 0 bridgehead atoms. The van der Waals surface area contributed by atoms with Gasteiger partial charge in [0, 0.05) is 9.37 Å². The highest BCUT2D eigenvalue weighted by Gasteiger charge is 2.06. The summed E-state index contributed by atoms with van der Waals surface area (Å²) in [5, 5.41) is 0.156. The fourth-order valence-electron chi connectivity index (χ4n) is 0.681. The summed E-state index contributed by atoms with van der Waals surface area (Å²) in [5.41, 5.74) is 0. The zero-order valence-electron chi connectivity index (χ0n) is 5.70. The summed E-state index contributed by atoms with van der Waals surface area (Å²) in [6.07, 6.45) is 1.81. The van der Waals surface area contributed by atoms with Crippen LogP contribution in [0.3, 0.4) is 0 Å². The first-order valence-corrected chi connectivity index (χ1v) is 5.23. The normalized spacial score (nSPS) is 10.2. The molecule has 0 atom stereocenters. The lowest BCUT2D eigenvalue weighted by atomic mass is 10.3. The zero-order chi connectivity index (χ0) is 8.43. The first-order chi connectivity index (χ1) is 5.15. The van der Waals surface area contributed by atoms with Gasteiger partial charge in [-0.2, -0.15) is 0 Å². The molecule has 0 saturated carbocycles. The highest BCUT2D eigenvalue weighted by atomic mass is 79.9. The van der Waals surface area contributed by atoms with Crippen molar-refractivity contribution in [3.05, 3.63) is 27.4 Å². The molecule has 0 nitrogen and oxygen atoms in total. The molecule has 0 aromatic heterocycles. The van der Waals surface area contributed by atoms with Crippen LogP contribution >= 0.6 is 39.3 Å². The van der Waals surface area contributed by atoms with Gasteiger partial charge >= 0.3 is 0 Å². The number of hydrogen-bond acceptors (Lipinski definition) is 1. The third-order valence-electron chi connectivity index (χ3n) is 1.18. The Morgan fingerprint density at radius 1 is 1.55 bits per heavy atom. The molecule has 0 fully saturated rings. The maximum absolute atomic E-state index is 13.0. The van der Waals surface area contributed by atoms with Crippen molar-refractivity contribution in [1.82, 2.24) is 0 Å². The first kappa shape index (κ1) is 9.36. The van der Waals surface area contributed by atoms with Gasteiger partial charge in [-0.1, -0.05) is 27.5 Å². The van der Waals surface area contributed by atoms with Gasteiger partial charge in [-0.25, -0.2) is 4.39 Å². The van der Waals surface area contributed by atoms with Crippen LogP contribution in [0.5, 0.6) is 0 Å². The smallest absolute Gasteiger partial charge is 0.155 e. The van der Waals surface area contributed by atoms with E-state index in [9.17, 15) is 4.39 Å². The molecule has 1 aromatic carbocycles. The minimum absolute atomic E-state index is 0.156. The average Bonchev–Trinajstić information content (AvgIpc) is 1.96. The lowest BCUT2D eigenvalue weighted by Crippen LogP contribution is -1.81. The summed E-state index contributed by atoms with van der Waals surface area (Å²) in [7, 11) is 0. The third-order valence-corrected chi connectivity index (χ3v) is 2.65. The Bertz CT molecular complexity index is 277. The second kappa shape index (κ2) is 3.78. The molecule has 0 aliphatic carbocycles. The first-order valence-electron chi connectivity index (χ1n) is 2.83. The van der Waals surface area contributed by atoms with Crippen molar-refractivity contribution < 1.29 is 4.39 Å². The number of hydrogen-bond donors (Lipinski definition) is 0. The predicted octanol–water partition coefficient (Wildman–Crippen LogP) is 3.96. The van der Waals surface area contributed by atoms with Crippen LogP contribution in [0.25, 0.3) is 0 Å². The van der Waals surface area contributed by atoms with Crippen molar-refractivity contribution in [3.8, 4) is 0 Å². The minimum Gasteiger partial charge on any atom is -0.204 e. The number of halogens is 3. The monoisotopic (exact) mass is 254 g/mol. The van der Waals surface area contributed by atoms with Gasteiger partial charge < -0.3 is 0 Å². The van der Waals surface area contributed by atoms with Crippen LogP contribution in [0.2, 0.25) is 5.02 Å². The van der Waals surface area contributed by atoms with Crippen molar-refractivity contribution in [3.63, 3.8) is 0 Å². The highest BCUT2D eigenvalue weighted by molar-refractivity contribution is 9.10. The molecule has 60 valence electrons. The van der Waals surface area contributed by atoms with E-state index in [1.165, 1.54) is 17.8 Å². The predicted molar refractivity (Wildman–Crippen MR) is 50.9 cm³/mol. The molecule has 0 amide bonds. The van der Waals surface area contributed by atoms with Gasteiger partial charge in [0.25, 0.3) is 0 Å². The Balaban J connectivity index is 3.24. The summed E-state index contributed by atoms with van der Waals surface area (Å²) >= 11 is 10.1. The van der Waals surface area contributed by atoms with Gasteiger partial charge in [-0.05, 0) is 18.4 Å². The van der Waals surface area contributed by atoms with Crippen LogP contribution < -0.4 is 0 Å². The Morgan fingerprint density at radius 2 is 2.18 bits per heavy atom. The zero-order valence-corrected chi connectivity index (χ0v) is 8.86. The van der Waals surface area contributed by atoms with Gasteiger partial charge in [0.05, 0.1) is 5.02 Å². The maximum Gasteiger partial charge on any atom is 0.155 e. The lowest BCUT2D eigenvalue weighted by Gasteiger charge is -2.01. The third kappa shape index (κ3) is 2.10. The molecule has 0 aliphatic heterocycles. The molecule has 11 heavy (non-hydrogen) atoms. The summed E-state index contributed by atoms with van der Waals surface area (Å²) in [4.78, 5) is 0.560. The Kier molecular flexibility index (Phi) is 3.22. The second-order valence-electron chi connectivity index (χ2n) is 1.90. The molecule has 0 heterocycles. The van der Waals surface area contributed by atoms with E-state index in [0.29, 0.717) is 4.90 Å². The van der Waals surface area contributed by atoms with Crippen LogP contribution in [0.15, 0.2) is 21.5 Å². The maximum atomic E-state index is 13.0. The summed E-state index contributed by atoms with van der Waals surface area (Å²) in [6.45, 7) is 0. The Hall–Kier alpha value is 0.270. The van der Waals surface area contributed by atoms with Crippen LogP contribution in [0.4, 0.5) is 4.39 Å². The SMILES string of the molecule is CSc1cc(Br)cc(Cl)c1F. The van der Waals surface area contributed by atoms with Gasteiger partial charge in [0.15, 0.2) is 5.82 Å². The van der Waals surface area contributed by atoms with Crippen molar-refractivity contribution in [2.24, 2.45) is 0 Å². The van der Waals surface area contributed by atoms with Crippen molar-refractivity contribution in [2.45, 2.75) is 4.90 Å². The van der Waals surface area contributed by atoms with Gasteiger partial charge in [-0.15, -0.1) is 11.8 Å². The van der Waals surface area contributed by atoms with E-state index < -0.39 is 0 Å². The van der Waals surface area contributed by atoms with E-state index in [1.807, 2.05) is 0 Å². The molecule has 0 spiro atoms. The molecule has 0 aliphatic rings. The standard InChI is InChI=1S/C7H5BrClFS/c1-11-6-3-4(8)2-5(9)7(6)10/h2-3H,1H3. The summed E-state index contributed by atoms with van der Waals surface area (Å²) < 4.78 is 13.8. The Labute approximate surface area is 82.3 Å². The number of benzene rings is 1. The molecular formula is C7H5BrClFS. The van der Waals surface area contributed by atoms with E-state index in [1.54, 1.807) is 12.3 Å². The molecular weight excluding hydrogens is 250 g/mol. The van der Waals surface area contributed by atoms with Crippen molar-refractivity contribution in [2.75, 3.05) is 6.26 Å². The van der Waals surface area contributed by atoms with Crippen LogP contribution in [-0.2, 0) is 0 Å². The minimum atomic E-state index is -0.345. The molecule has 0 N–H and O–H groups in total.